The maximum Gasteiger partial charge on any atom is 0.264 e. The Morgan fingerprint density at radius 3 is 2.16 bits per heavy atom. The molecule has 0 heterocycles. The molecule has 1 saturated carbocycles. The Hall–Kier alpha value is -3.07. The predicted molar refractivity (Wildman–Crippen MR) is 173 cm³/mol. The highest BCUT2D eigenvalue weighted by atomic mass is 35.5. The standard InChI is InChI=1S/C33H39Cl2N3O4S/c1-23(2)25-15-18-29(19-16-25)38(43(41,42)30-12-8-5-9-13-30)22-32(39)37(21-26-14-17-27(34)20-31(26)35)24(3)33(40)36-28-10-6-4-7-11-28/h5,8-9,12-20,23-24,28H,4,6-7,10-11,21-22H2,1-3H3,(H,36,40). The molecule has 230 valence electrons. The summed E-state index contributed by atoms with van der Waals surface area (Å²) in [7, 11) is -4.13. The molecule has 1 fully saturated rings. The quantitative estimate of drug-likeness (QED) is 0.240. The van der Waals surface area contributed by atoms with Crippen molar-refractivity contribution >= 4 is 50.7 Å². The molecule has 4 rings (SSSR count). The van der Waals surface area contributed by atoms with Crippen LogP contribution in [0.2, 0.25) is 10.0 Å². The van der Waals surface area contributed by atoms with Crippen molar-refractivity contribution < 1.29 is 18.0 Å². The fraction of sp³-hybridized carbons (Fsp3) is 0.394. The van der Waals surface area contributed by atoms with Crippen molar-refractivity contribution in [3.05, 3.63) is 94.0 Å². The van der Waals surface area contributed by atoms with Crippen molar-refractivity contribution in [3.8, 4) is 0 Å². The van der Waals surface area contributed by atoms with E-state index in [2.05, 4.69) is 19.2 Å². The number of amides is 2. The summed E-state index contributed by atoms with van der Waals surface area (Å²) in [6, 6.07) is 19.3. The summed E-state index contributed by atoms with van der Waals surface area (Å²) in [4.78, 5) is 29.1. The molecule has 0 spiro atoms. The molecule has 1 atom stereocenters. The highest BCUT2D eigenvalue weighted by Gasteiger charge is 2.33. The summed E-state index contributed by atoms with van der Waals surface area (Å²) in [5.74, 6) is -0.577. The maximum absolute atomic E-state index is 14.2. The second kappa shape index (κ2) is 14.6. The lowest BCUT2D eigenvalue weighted by Gasteiger charge is -2.33. The first-order valence-corrected chi connectivity index (χ1v) is 16.9. The number of nitrogens with zero attached hydrogens (tertiary/aromatic N) is 2. The number of carbonyl (C=O) groups excluding carboxylic acids is 2. The summed E-state index contributed by atoms with van der Waals surface area (Å²) in [5, 5.41) is 3.90. The largest absolute Gasteiger partial charge is 0.352 e. The third-order valence-electron chi connectivity index (χ3n) is 7.93. The van der Waals surface area contributed by atoms with E-state index in [0.717, 1.165) is 42.0 Å². The van der Waals surface area contributed by atoms with Gasteiger partial charge in [-0.25, -0.2) is 8.42 Å². The van der Waals surface area contributed by atoms with Gasteiger partial charge in [-0.1, -0.05) is 92.7 Å². The van der Waals surface area contributed by atoms with Crippen molar-refractivity contribution in [2.75, 3.05) is 10.8 Å². The summed E-state index contributed by atoms with van der Waals surface area (Å²) in [6.07, 6.45) is 5.02. The minimum Gasteiger partial charge on any atom is -0.352 e. The highest BCUT2D eigenvalue weighted by molar-refractivity contribution is 7.92. The number of hydrogen-bond donors (Lipinski definition) is 1. The lowest BCUT2D eigenvalue weighted by molar-refractivity contribution is -0.139. The Kier molecular flexibility index (Phi) is 11.2. The van der Waals surface area contributed by atoms with Crippen molar-refractivity contribution in [1.82, 2.24) is 10.2 Å². The molecule has 0 aliphatic heterocycles. The molecule has 1 aliphatic rings. The summed E-state index contributed by atoms with van der Waals surface area (Å²) in [6.45, 7) is 5.25. The molecule has 3 aromatic rings. The fourth-order valence-electron chi connectivity index (χ4n) is 5.26. The van der Waals surface area contributed by atoms with Crippen molar-refractivity contribution in [1.29, 1.82) is 0 Å². The van der Waals surface area contributed by atoms with Crippen LogP contribution >= 0.6 is 23.2 Å². The van der Waals surface area contributed by atoms with Crippen molar-refractivity contribution in [2.45, 2.75) is 82.3 Å². The molecule has 1 aliphatic carbocycles. The molecular formula is C33H39Cl2N3O4S. The van der Waals surface area contributed by atoms with E-state index >= 15 is 0 Å². The van der Waals surface area contributed by atoms with Crippen LogP contribution in [-0.2, 0) is 26.2 Å². The molecule has 0 aromatic heterocycles. The Bertz CT molecular complexity index is 1510. The molecule has 0 saturated heterocycles. The Morgan fingerprint density at radius 2 is 1.56 bits per heavy atom. The molecule has 43 heavy (non-hydrogen) atoms. The van der Waals surface area contributed by atoms with Gasteiger partial charge >= 0.3 is 0 Å². The summed E-state index contributed by atoms with van der Waals surface area (Å²) >= 11 is 12.6. The smallest absolute Gasteiger partial charge is 0.264 e. The minimum atomic E-state index is -4.13. The van der Waals surface area contributed by atoms with Crippen LogP contribution in [0.4, 0.5) is 5.69 Å². The lowest BCUT2D eigenvalue weighted by Crippen LogP contribution is -2.53. The number of nitrogens with one attached hydrogen (secondary N) is 1. The SMILES string of the molecule is CC(C)c1ccc(N(CC(=O)N(Cc2ccc(Cl)cc2Cl)C(C)C(=O)NC2CCCCC2)S(=O)(=O)c2ccccc2)cc1. The van der Waals surface area contributed by atoms with Gasteiger partial charge in [-0.2, -0.15) is 0 Å². The molecular weight excluding hydrogens is 605 g/mol. The molecule has 0 radical (unpaired) electrons. The van der Waals surface area contributed by atoms with Crippen LogP contribution in [0, 0.1) is 0 Å². The van der Waals surface area contributed by atoms with Crippen molar-refractivity contribution in [3.63, 3.8) is 0 Å². The zero-order chi connectivity index (χ0) is 31.1. The molecule has 3 aromatic carbocycles. The van der Waals surface area contributed by atoms with Crippen LogP contribution in [0.5, 0.6) is 0 Å². The van der Waals surface area contributed by atoms with Crippen LogP contribution in [-0.4, -0.2) is 43.8 Å². The van der Waals surface area contributed by atoms with Gasteiger partial charge in [-0.15, -0.1) is 0 Å². The molecule has 7 nitrogen and oxygen atoms in total. The third-order valence-corrected chi connectivity index (χ3v) is 10.3. The van der Waals surface area contributed by atoms with Crippen LogP contribution in [0.1, 0.15) is 69.9 Å². The highest BCUT2D eigenvalue weighted by Crippen LogP contribution is 2.28. The van der Waals surface area contributed by atoms with Crippen molar-refractivity contribution in [2.24, 2.45) is 0 Å². The predicted octanol–water partition coefficient (Wildman–Crippen LogP) is 7.18. The minimum absolute atomic E-state index is 0.000396. The van der Waals surface area contributed by atoms with Gasteiger partial charge in [0.2, 0.25) is 11.8 Å². The number of hydrogen-bond acceptors (Lipinski definition) is 4. The zero-order valence-corrected chi connectivity index (χ0v) is 27.1. The number of halogens is 2. The first kappa shape index (κ1) is 32.8. The van der Waals surface area contributed by atoms with E-state index < -0.39 is 28.5 Å². The van der Waals surface area contributed by atoms with Gasteiger partial charge in [0.1, 0.15) is 12.6 Å². The van der Waals surface area contributed by atoms with Crippen LogP contribution in [0.25, 0.3) is 0 Å². The second-order valence-electron chi connectivity index (χ2n) is 11.3. The average molecular weight is 645 g/mol. The first-order valence-electron chi connectivity index (χ1n) is 14.7. The Morgan fingerprint density at radius 1 is 0.907 bits per heavy atom. The van der Waals surface area contributed by atoms with E-state index in [9.17, 15) is 18.0 Å². The van der Waals surface area contributed by atoms with Gasteiger partial charge in [0.05, 0.1) is 10.6 Å². The zero-order valence-electron chi connectivity index (χ0n) is 24.8. The van der Waals surface area contributed by atoms with E-state index in [1.54, 1.807) is 55.5 Å². The van der Waals surface area contributed by atoms with E-state index in [1.807, 2.05) is 12.1 Å². The van der Waals surface area contributed by atoms with E-state index in [1.165, 1.54) is 17.0 Å². The summed E-state index contributed by atoms with van der Waals surface area (Å²) < 4.78 is 29.0. The normalized spacial score (nSPS) is 14.7. The molecule has 10 heteroatoms. The van der Waals surface area contributed by atoms with Gasteiger partial charge < -0.3 is 10.2 Å². The van der Waals surface area contributed by atoms with Crippen LogP contribution in [0.3, 0.4) is 0 Å². The molecule has 1 unspecified atom stereocenters. The van der Waals surface area contributed by atoms with Gasteiger partial charge in [0, 0.05) is 22.6 Å². The first-order chi connectivity index (χ1) is 20.5. The van der Waals surface area contributed by atoms with Crippen LogP contribution in [0.15, 0.2) is 77.7 Å². The maximum atomic E-state index is 14.2. The number of anilines is 1. The topological polar surface area (TPSA) is 86.8 Å². The van der Waals surface area contributed by atoms with E-state index in [-0.39, 0.29) is 29.3 Å². The fourth-order valence-corrected chi connectivity index (χ4v) is 7.16. The average Bonchev–Trinajstić information content (AvgIpc) is 3.00. The van der Waals surface area contributed by atoms with Gasteiger partial charge in [0.25, 0.3) is 10.0 Å². The van der Waals surface area contributed by atoms with E-state index in [0.29, 0.717) is 21.3 Å². The Balaban J connectivity index is 1.69. The van der Waals surface area contributed by atoms with Gasteiger partial charge in [-0.3, -0.25) is 13.9 Å². The molecule has 2 amide bonds. The number of benzene rings is 3. The number of sulfonamides is 1. The Labute approximate surface area is 265 Å². The molecule has 0 bridgehead atoms. The molecule has 1 N–H and O–H groups in total. The number of carbonyl (C=O) groups is 2. The third kappa shape index (κ3) is 8.31. The lowest BCUT2D eigenvalue weighted by atomic mass is 9.95. The summed E-state index contributed by atoms with van der Waals surface area (Å²) in [5.41, 5.74) is 1.99. The number of rotatable bonds is 11. The van der Waals surface area contributed by atoms with E-state index in [4.69, 9.17) is 23.2 Å². The van der Waals surface area contributed by atoms with Gasteiger partial charge in [-0.05, 0) is 73.2 Å². The monoisotopic (exact) mass is 643 g/mol. The second-order valence-corrected chi connectivity index (χ2v) is 14.1. The van der Waals surface area contributed by atoms with Crippen LogP contribution < -0.4 is 9.62 Å². The van der Waals surface area contributed by atoms with Gasteiger partial charge in [0.15, 0.2) is 0 Å².